The maximum atomic E-state index is 12.8. The van der Waals surface area contributed by atoms with E-state index in [0.29, 0.717) is 38.3 Å². The van der Waals surface area contributed by atoms with Crippen molar-refractivity contribution in [3.63, 3.8) is 0 Å². The van der Waals surface area contributed by atoms with Gasteiger partial charge in [0.15, 0.2) is 5.76 Å². The van der Waals surface area contributed by atoms with E-state index in [-0.39, 0.29) is 30.5 Å². The number of carbonyl (C=O) groups excluding carboxylic acids is 2. The lowest BCUT2D eigenvalue weighted by atomic mass is 10.1. The van der Waals surface area contributed by atoms with Crippen LogP contribution in [0.25, 0.3) is 0 Å². The third kappa shape index (κ3) is 5.83. The quantitative estimate of drug-likeness (QED) is 0.797. The Morgan fingerprint density at radius 3 is 2.48 bits per heavy atom. The lowest BCUT2D eigenvalue weighted by Crippen LogP contribution is -2.48. The number of hydrogen-bond acceptors (Lipinski definition) is 4. The van der Waals surface area contributed by atoms with Crippen LogP contribution < -0.4 is 5.32 Å². The maximum absolute atomic E-state index is 12.8. The van der Waals surface area contributed by atoms with E-state index in [1.54, 1.807) is 23.1 Å². The van der Waals surface area contributed by atoms with Crippen molar-refractivity contribution in [2.24, 2.45) is 0 Å². The molecule has 29 heavy (non-hydrogen) atoms. The monoisotopic (exact) mass is 409 g/mol. The minimum atomic E-state index is -4.35. The summed E-state index contributed by atoms with van der Waals surface area (Å²) in [5.74, 6) is -0.238. The molecule has 3 rings (SSSR count). The van der Waals surface area contributed by atoms with E-state index in [2.05, 4.69) is 5.32 Å². The Morgan fingerprint density at radius 1 is 1.07 bits per heavy atom. The Kier molecular flexibility index (Phi) is 6.58. The third-order valence-corrected chi connectivity index (χ3v) is 4.75. The van der Waals surface area contributed by atoms with Gasteiger partial charge in [0.1, 0.15) is 0 Å². The summed E-state index contributed by atoms with van der Waals surface area (Å²) in [6, 6.07) is 8.47. The van der Waals surface area contributed by atoms with Crippen LogP contribution in [0.1, 0.15) is 28.1 Å². The van der Waals surface area contributed by atoms with Gasteiger partial charge in [0.05, 0.1) is 11.8 Å². The molecule has 1 aliphatic heterocycles. The molecule has 0 atom stereocenters. The summed E-state index contributed by atoms with van der Waals surface area (Å²) in [5, 5.41) is 2.63. The smallest absolute Gasteiger partial charge is 0.416 e. The maximum Gasteiger partial charge on any atom is 0.416 e. The second kappa shape index (κ2) is 9.13. The standard InChI is InChI=1S/C20H22F3N3O3/c21-20(22,23)16-4-1-3-15(13-16)14-25-8-10-26(11-9-25)18(27)6-7-24-19(28)17-5-2-12-29-17/h1-5,12-13H,6-11,14H2,(H,24,28). The molecular weight excluding hydrogens is 387 g/mol. The second-order valence-corrected chi connectivity index (χ2v) is 6.84. The summed E-state index contributed by atoms with van der Waals surface area (Å²) in [6.07, 6.45) is -2.77. The Labute approximate surface area is 166 Å². The molecule has 1 N–H and O–H groups in total. The first kappa shape index (κ1) is 20.9. The first-order chi connectivity index (χ1) is 13.8. The van der Waals surface area contributed by atoms with Crippen molar-refractivity contribution in [1.82, 2.24) is 15.1 Å². The topological polar surface area (TPSA) is 65.8 Å². The molecule has 2 amide bonds. The van der Waals surface area contributed by atoms with Crippen molar-refractivity contribution in [2.45, 2.75) is 19.1 Å². The zero-order valence-electron chi connectivity index (χ0n) is 15.7. The molecule has 1 aromatic carbocycles. The zero-order chi connectivity index (χ0) is 20.9. The fraction of sp³-hybridized carbons (Fsp3) is 0.400. The molecule has 0 bridgehead atoms. The molecule has 1 saturated heterocycles. The first-order valence-corrected chi connectivity index (χ1v) is 9.31. The fourth-order valence-electron chi connectivity index (χ4n) is 3.20. The van der Waals surface area contributed by atoms with E-state index in [0.717, 1.165) is 6.07 Å². The molecule has 0 spiro atoms. The highest BCUT2D eigenvalue weighted by Gasteiger charge is 2.30. The highest BCUT2D eigenvalue weighted by molar-refractivity contribution is 5.91. The zero-order valence-corrected chi connectivity index (χ0v) is 15.7. The minimum Gasteiger partial charge on any atom is -0.459 e. The van der Waals surface area contributed by atoms with Crippen LogP contribution >= 0.6 is 0 Å². The molecule has 0 radical (unpaired) electrons. The van der Waals surface area contributed by atoms with Crippen molar-refractivity contribution in [3.8, 4) is 0 Å². The number of benzene rings is 1. The number of rotatable bonds is 6. The van der Waals surface area contributed by atoms with Crippen LogP contribution in [0.2, 0.25) is 0 Å². The normalized spacial score (nSPS) is 15.3. The lowest BCUT2D eigenvalue weighted by molar-refractivity contribution is -0.137. The van der Waals surface area contributed by atoms with Crippen LogP contribution in [0.3, 0.4) is 0 Å². The average molecular weight is 409 g/mol. The summed E-state index contributed by atoms with van der Waals surface area (Å²) in [6.45, 7) is 2.79. The molecule has 0 saturated carbocycles. The van der Waals surface area contributed by atoms with Gasteiger partial charge < -0.3 is 14.6 Å². The van der Waals surface area contributed by atoms with Crippen LogP contribution in [-0.2, 0) is 17.5 Å². The fourth-order valence-corrected chi connectivity index (χ4v) is 3.20. The van der Waals surface area contributed by atoms with E-state index in [1.807, 2.05) is 4.90 Å². The van der Waals surface area contributed by atoms with Gasteiger partial charge >= 0.3 is 6.18 Å². The van der Waals surface area contributed by atoms with Gasteiger partial charge in [-0.3, -0.25) is 14.5 Å². The van der Waals surface area contributed by atoms with Gasteiger partial charge in [-0.05, 0) is 23.8 Å². The molecule has 0 unspecified atom stereocenters. The van der Waals surface area contributed by atoms with Gasteiger partial charge in [-0.15, -0.1) is 0 Å². The van der Waals surface area contributed by atoms with E-state index in [4.69, 9.17) is 4.42 Å². The SMILES string of the molecule is O=C(NCCC(=O)N1CCN(Cc2cccc(C(F)(F)F)c2)CC1)c1ccco1. The predicted octanol–water partition coefficient (Wildman–Crippen LogP) is 2.76. The van der Waals surface area contributed by atoms with Crippen LogP contribution in [0.15, 0.2) is 47.1 Å². The van der Waals surface area contributed by atoms with Gasteiger partial charge in [-0.25, -0.2) is 0 Å². The molecule has 1 fully saturated rings. The number of carbonyl (C=O) groups is 2. The Morgan fingerprint density at radius 2 is 1.83 bits per heavy atom. The van der Waals surface area contributed by atoms with Crippen molar-refractivity contribution >= 4 is 11.8 Å². The van der Waals surface area contributed by atoms with Crippen molar-refractivity contribution in [1.29, 1.82) is 0 Å². The van der Waals surface area contributed by atoms with Crippen LogP contribution in [0.5, 0.6) is 0 Å². The van der Waals surface area contributed by atoms with Crippen molar-refractivity contribution < 1.29 is 27.2 Å². The third-order valence-electron chi connectivity index (χ3n) is 4.75. The number of alkyl halides is 3. The Bertz CT molecular complexity index is 829. The van der Waals surface area contributed by atoms with Crippen molar-refractivity contribution in [3.05, 3.63) is 59.5 Å². The van der Waals surface area contributed by atoms with Gasteiger partial charge in [0.2, 0.25) is 5.91 Å². The van der Waals surface area contributed by atoms with E-state index in [9.17, 15) is 22.8 Å². The highest BCUT2D eigenvalue weighted by atomic mass is 19.4. The molecule has 0 aliphatic carbocycles. The summed E-state index contributed by atoms with van der Waals surface area (Å²) in [7, 11) is 0. The summed E-state index contributed by atoms with van der Waals surface area (Å²) < 4.78 is 43.5. The molecular formula is C20H22F3N3O3. The molecule has 6 nitrogen and oxygen atoms in total. The number of hydrogen-bond donors (Lipinski definition) is 1. The molecule has 1 aromatic heterocycles. The Hall–Kier alpha value is -2.81. The summed E-state index contributed by atoms with van der Waals surface area (Å²) in [4.78, 5) is 27.8. The van der Waals surface area contributed by atoms with Crippen LogP contribution in [0.4, 0.5) is 13.2 Å². The van der Waals surface area contributed by atoms with Gasteiger partial charge in [0, 0.05) is 45.7 Å². The van der Waals surface area contributed by atoms with E-state index >= 15 is 0 Å². The number of furan rings is 1. The number of piperazine rings is 1. The van der Waals surface area contributed by atoms with E-state index in [1.165, 1.54) is 18.4 Å². The van der Waals surface area contributed by atoms with Gasteiger partial charge in [-0.1, -0.05) is 18.2 Å². The number of amides is 2. The molecule has 2 heterocycles. The molecule has 9 heteroatoms. The first-order valence-electron chi connectivity index (χ1n) is 9.31. The Balaban J connectivity index is 1.41. The number of nitrogens with zero attached hydrogens (tertiary/aromatic N) is 2. The number of halogens is 3. The summed E-state index contributed by atoms with van der Waals surface area (Å²) >= 11 is 0. The molecule has 2 aromatic rings. The molecule has 1 aliphatic rings. The minimum absolute atomic E-state index is 0.0662. The van der Waals surface area contributed by atoms with Gasteiger partial charge in [0.25, 0.3) is 5.91 Å². The molecule has 156 valence electrons. The largest absolute Gasteiger partial charge is 0.459 e. The van der Waals surface area contributed by atoms with Gasteiger partial charge in [-0.2, -0.15) is 13.2 Å². The predicted molar refractivity (Wildman–Crippen MR) is 99.0 cm³/mol. The highest BCUT2D eigenvalue weighted by Crippen LogP contribution is 2.29. The average Bonchev–Trinajstić information content (AvgIpc) is 3.23. The second-order valence-electron chi connectivity index (χ2n) is 6.84. The lowest BCUT2D eigenvalue weighted by Gasteiger charge is -2.35. The number of nitrogens with one attached hydrogen (secondary N) is 1. The summed E-state index contributed by atoms with van der Waals surface area (Å²) in [5.41, 5.74) is -0.0550. The van der Waals surface area contributed by atoms with Crippen LogP contribution in [-0.4, -0.2) is 54.3 Å². The van der Waals surface area contributed by atoms with Crippen molar-refractivity contribution in [2.75, 3.05) is 32.7 Å². The van der Waals surface area contributed by atoms with E-state index < -0.39 is 11.7 Å². The van der Waals surface area contributed by atoms with Crippen LogP contribution in [0, 0.1) is 0 Å².